The molecule has 1 rings (SSSR count). The van der Waals surface area contributed by atoms with Gasteiger partial charge in [-0.05, 0) is 26.7 Å². The molecule has 2 unspecified atom stereocenters. The summed E-state index contributed by atoms with van der Waals surface area (Å²) in [5, 5.41) is 20.4. The van der Waals surface area contributed by atoms with E-state index in [1.807, 2.05) is 0 Å². The smallest absolute Gasteiger partial charge is 0.307 e. The Morgan fingerprint density at radius 1 is 1.40 bits per heavy atom. The van der Waals surface area contributed by atoms with Crippen molar-refractivity contribution in [2.45, 2.75) is 38.8 Å². The molecule has 0 aromatic rings. The molecule has 0 aromatic carbocycles. The number of carboxylic acid groups (broad SMARTS) is 1. The van der Waals surface area contributed by atoms with E-state index < -0.39 is 18.0 Å². The summed E-state index contributed by atoms with van der Waals surface area (Å²) in [5.74, 6) is -2.00. The van der Waals surface area contributed by atoms with Gasteiger partial charge in [0.1, 0.15) is 0 Å². The largest absolute Gasteiger partial charge is 0.481 e. The molecule has 1 aliphatic carbocycles. The van der Waals surface area contributed by atoms with Gasteiger partial charge in [0.05, 0.1) is 17.9 Å². The fourth-order valence-corrected chi connectivity index (χ4v) is 1.68. The summed E-state index contributed by atoms with van der Waals surface area (Å²) in [6, 6.07) is -0.118. The van der Waals surface area contributed by atoms with Crippen LogP contribution in [0.25, 0.3) is 0 Å². The van der Waals surface area contributed by atoms with Crippen LogP contribution in [0.15, 0.2) is 0 Å². The highest BCUT2D eigenvalue weighted by Crippen LogP contribution is 2.38. The number of carbonyl (C=O) groups is 2. The first kappa shape index (κ1) is 12.0. The highest BCUT2D eigenvalue weighted by Gasteiger charge is 2.48. The molecule has 0 bridgehead atoms. The number of carboxylic acids is 1. The van der Waals surface area contributed by atoms with Crippen molar-refractivity contribution in [1.82, 2.24) is 5.32 Å². The molecule has 0 aromatic heterocycles. The van der Waals surface area contributed by atoms with E-state index in [0.717, 1.165) is 0 Å². The average molecular weight is 215 g/mol. The number of amides is 1. The average Bonchev–Trinajstić information content (AvgIpc) is 2.79. The maximum atomic E-state index is 11.5. The van der Waals surface area contributed by atoms with Crippen LogP contribution < -0.4 is 5.32 Å². The Morgan fingerprint density at radius 2 is 2.00 bits per heavy atom. The van der Waals surface area contributed by atoms with Crippen molar-refractivity contribution in [2.75, 3.05) is 0 Å². The van der Waals surface area contributed by atoms with Crippen molar-refractivity contribution in [2.24, 2.45) is 11.8 Å². The fraction of sp³-hybridized carbons (Fsp3) is 0.800. The minimum absolute atomic E-state index is 0.118. The topological polar surface area (TPSA) is 86.6 Å². The zero-order valence-electron chi connectivity index (χ0n) is 8.93. The van der Waals surface area contributed by atoms with Crippen LogP contribution in [0.2, 0.25) is 0 Å². The highest BCUT2D eigenvalue weighted by atomic mass is 16.4. The van der Waals surface area contributed by atoms with Gasteiger partial charge in [0.25, 0.3) is 0 Å². The molecule has 1 fully saturated rings. The lowest BCUT2D eigenvalue weighted by Gasteiger charge is -2.15. The van der Waals surface area contributed by atoms with Crippen molar-refractivity contribution in [3.8, 4) is 0 Å². The van der Waals surface area contributed by atoms with Crippen LogP contribution in [-0.4, -0.2) is 34.2 Å². The van der Waals surface area contributed by atoms with Gasteiger partial charge in [-0.1, -0.05) is 0 Å². The van der Waals surface area contributed by atoms with Crippen molar-refractivity contribution < 1.29 is 19.8 Å². The van der Waals surface area contributed by atoms with Gasteiger partial charge in [-0.15, -0.1) is 0 Å². The minimum Gasteiger partial charge on any atom is -0.481 e. The SMILES string of the molecule is CC(O)CC(C)NC(=O)[C@@H]1C[C@@H]1C(=O)O. The maximum absolute atomic E-state index is 11.5. The van der Waals surface area contributed by atoms with E-state index in [4.69, 9.17) is 10.2 Å². The Balaban J connectivity index is 2.28. The lowest BCUT2D eigenvalue weighted by atomic mass is 10.1. The number of aliphatic hydroxyl groups is 1. The van der Waals surface area contributed by atoms with Crippen molar-refractivity contribution >= 4 is 11.9 Å². The molecule has 1 aliphatic rings. The third-order valence-corrected chi connectivity index (χ3v) is 2.53. The molecule has 15 heavy (non-hydrogen) atoms. The Morgan fingerprint density at radius 3 is 2.40 bits per heavy atom. The molecule has 0 radical (unpaired) electrons. The molecule has 4 atom stereocenters. The summed E-state index contributed by atoms with van der Waals surface area (Å²) >= 11 is 0. The number of carbonyl (C=O) groups excluding carboxylic acids is 1. The van der Waals surface area contributed by atoms with Crippen LogP contribution in [0.1, 0.15) is 26.7 Å². The van der Waals surface area contributed by atoms with Crippen LogP contribution in [0.5, 0.6) is 0 Å². The first-order valence-electron chi connectivity index (χ1n) is 5.13. The predicted molar refractivity (Wildman–Crippen MR) is 53.1 cm³/mol. The Kier molecular flexibility index (Phi) is 3.68. The van der Waals surface area contributed by atoms with E-state index in [9.17, 15) is 9.59 Å². The molecular weight excluding hydrogens is 198 g/mol. The van der Waals surface area contributed by atoms with Gasteiger partial charge in [-0.3, -0.25) is 9.59 Å². The van der Waals surface area contributed by atoms with Crippen LogP contribution >= 0.6 is 0 Å². The Hall–Kier alpha value is -1.10. The molecule has 1 saturated carbocycles. The van der Waals surface area contributed by atoms with Gasteiger partial charge in [-0.25, -0.2) is 0 Å². The molecule has 86 valence electrons. The van der Waals surface area contributed by atoms with E-state index in [1.165, 1.54) is 0 Å². The Labute approximate surface area is 88.5 Å². The van der Waals surface area contributed by atoms with Gasteiger partial charge in [0, 0.05) is 6.04 Å². The maximum Gasteiger partial charge on any atom is 0.307 e. The summed E-state index contributed by atoms with van der Waals surface area (Å²) in [5.41, 5.74) is 0. The number of hydrogen-bond donors (Lipinski definition) is 3. The third kappa shape index (κ3) is 3.51. The molecular formula is C10H17NO4. The summed E-state index contributed by atoms with van der Waals surface area (Å²) in [7, 11) is 0. The summed E-state index contributed by atoms with van der Waals surface area (Å²) in [6.07, 6.45) is 0.452. The monoisotopic (exact) mass is 215 g/mol. The quantitative estimate of drug-likeness (QED) is 0.601. The molecule has 3 N–H and O–H groups in total. The molecule has 0 heterocycles. The van der Waals surface area contributed by atoms with E-state index >= 15 is 0 Å². The zero-order valence-corrected chi connectivity index (χ0v) is 8.93. The number of aliphatic hydroxyl groups excluding tert-OH is 1. The van der Waals surface area contributed by atoms with Crippen molar-refractivity contribution in [3.63, 3.8) is 0 Å². The fourth-order valence-electron chi connectivity index (χ4n) is 1.68. The first-order valence-corrected chi connectivity index (χ1v) is 5.13. The number of hydrogen-bond acceptors (Lipinski definition) is 3. The van der Waals surface area contributed by atoms with E-state index in [1.54, 1.807) is 13.8 Å². The number of aliphatic carboxylic acids is 1. The van der Waals surface area contributed by atoms with Gasteiger partial charge >= 0.3 is 5.97 Å². The molecule has 1 amide bonds. The van der Waals surface area contributed by atoms with Gasteiger partial charge in [0.2, 0.25) is 5.91 Å². The second-order valence-corrected chi connectivity index (χ2v) is 4.28. The lowest BCUT2D eigenvalue weighted by Crippen LogP contribution is -2.36. The summed E-state index contributed by atoms with van der Waals surface area (Å²) in [4.78, 5) is 22.0. The van der Waals surface area contributed by atoms with Gasteiger partial charge in [0.15, 0.2) is 0 Å². The second kappa shape index (κ2) is 4.61. The number of nitrogens with one attached hydrogen (secondary N) is 1. The molecule has 5 nitrogen and oxygen atoms in total. The third-order valence-electron chi connectivity index (χ3n) is 2.53. The molecule has 0 spiro atoms. The van der Waals surface area contributed by atoms with Crippen LogP contribution in [-0.2, 0) is 9.59 Å². The molecule has 5 heteroatoms. The standard InChI is InChI=1S/C10H17NO4/c1-5(3-6(2)12)11-9(13)7-4-8(7)10(14)15/h5-8,12H,3-4H2,1-2H3,(H,11,13)(H,14,15)/t5?,6?,7-,8+/m1/s1. The van der Waals surface area contributed by atoms with Crippen molar-refractivity contribution in [1.29, 1.82) is 0 Å². The summed E-state index contributed by atoms with van der Waals surface area (Å²) < 4.78 is 0. The minimum atomic E-state index is -0.904. The van der Waals surface area contributed by atoms with Gasteiger partial charge in [-0.2, -0.15) is 0 Å². The van der Waals surface area contributed by atoms with Crippen LogP contribution in [0, 0.1) is 11.8 Å². The van der Waals surface area contributed by atoms with Crippen molar-refractivity contribution in [3.05, 3.63) is 0 Å². The lowest BCUT2D eigenvalue weighted by molar-refractivity contribution is -0.140. The van der Waals surface area contributed by atoms with E-state index in [2.05, 4.69) is 5.32 Å². The predicted octanol–water partition coefficient (Wildman–Crippen LogP) is -0.0173. The normalized spacial score (nSPS) is 27.9. The second-order valence-electron chi connectivity index (χ2n) is 4.28. The zero-order chi connectivity index (χ0) is 11.6. The van der Waals surface area contributed by atoms with Crippen LogP contribution in [0.4, 0.5) is 0 Å². The van der Waals surface area contributed by atoms with Crippen LogP contribution in [0.3, 0.4) is 0 Å². The Bertz CT molecular complexity index is 264. The first-order chi connectivity index (χ1) is 6.91. The molecule has 0 aliphatic heterocycles. The molecule has 0 saturated heterocycles. The van der Waals surface area contributed by atoms with Gasteiger partial charge < -0.3 is 15.5 Å². The van der Waals surface area contributed by atoms with E-state index in [0.29, 0.717) is 12.8 Å². The highest BCUT2D eigenvalue weighted by molar-refractivity contribution is 5.89. The van der Waals surface area contributed by atoms with E-state index in [-0.39, 0.29) is 17.9 Å². The summed E-state index contributed by atoms with van der Waals surface area (Å²) in [6.45, 7) is 3.45. The number of rotatable bonds is 5.